The summed E-state index contributed by atoms with van der Waals surface area (Å²) < 4.78 is 0. The second-order valence-electron chi connectivity index (χ2n) is 7.77. The van der Waals surface area contributed by atoms with Crippen molar-refractivity contribution < 1.29 is 4.79 Å². The zero-order valence-electron chi connectivity index (χ0n) is 16.2. The van der Waals surface area contributed by atoms with Gasteiger partial charge < -0.3 is 11.1 Å². The van der Waals surface area contributed by atoms with Crippen molar-refractivity contribution in [2.75, 3.05) is 13.1 Å². The van der Waals surface area contributed by atoms with Gasteiger partial charge in [0, 0.05) is 19.6 Å². The van der Waals surface area contributed by atoms with Gasteiger partial charge in [0.1, 0.15) is 0 Å². The van der Waals surface area contributed by atoms with E-state index in [1.165, 1.54) is 24.0 Å². The van der Waals surface area contributed by atoms with Crippen LogP contribution in [-0.2, 0) is 24.3 Å². The first kappa shape index (κ1) is 19.6. The van der Waals surface area contributed by atoms with Crippen molar-refractivity contribution in [2.24, 2.45) is 11.7 Å². The van der Waals surface area contributed by atoms with Crippen molar-refractivity contribution in [3.05, 3.63) is 71.3 Å². The molecule has 0 spiro atoms. The van der Waals surface area contributed by atoms with Crippen molar-refractivity contribution in [3.8, 4) is 0 Å². The molecule has 0 radical (unpaired) electrons. The van der Waals surface area contributed by atoms with E-state index in [4.69, 9.17) is 5.73 Å². The second-order valence-corrected chi connectivity index (χ2v) is 7.77. The summed E-state index contributed by atoms with van der Waals surface area (Å²) in [6.45, 7) is 6.12. The van der Waals surface area contributed by atoms with Gasteiger partial charge in [-0.15, -0.1) is 0 Å². The maximum atomic E-state index is 12.4. The summed E-state index contributed by atoms with van der Waals surface area (Å²) >= 11 is 0. The molecule has 3 N–H and O–H groups in total. The molecule has 0 aromatic heterocycles. The standard InChI is InChI=1S/C23H31N3O/c1-18-8-7-13-26(16-18)17-21-12-6-5-11-20(21)15-25-23(27)22(24)14-19-9-3-2-4-10-19/h2-6,9-12,18,22H,7-8,13-17,24H2,1H3,(H,25,27). The molecule has 1 aliphatic rings. The van der Waals surface area contributed by atoms with Crippen LogP contribution in [0.15, 0.2) is 54.6 Å². The van der Waals surface area contributed by atoms with Gasteiger partial charge in [-0.25, -0.2) is 0 Å². The molecule has 2 aromatic rings. The Labute approximate surface area is 162 Å². The quantitative estimate of drug-likeness (QED) is 0.793. The Bertz CT molecular complexity index is 731. The number of nitrogens with one attached hydrogen (secondary N) is 1. The molecule has 2 atom stereocenters. The van der Waals surface area contributed by atoms with Crippen LogP contribution in [-0.4, -0.2) is 29.9 Å². The number of hydrogen-bond donors (Lipinski definition) is 2. The minimum atomic E-state index is -0.525. The highest BCUT2D eigenvalue weighted by atomic mass is 16.2. The Morgan fingerprint density at radius 2 is 1.85 bits per heavy atom. The number of nitrogens with zero attached hydrogens (tertiary/aromatic N) is 1. The lowest BCUT2D eigenvalue weighted by atomic mass is 9.99. The number of piperidine rings is 1. The summed E-state index contributed by atoms with van der Waals surface area (Å²) in [4.78, 5) is 14.9. The molecule has 4 heteroatoms. The molecule has 1 saturated heterocycles. The molecule has 1 fully saturated rings. The van der Waals surface area contributed by atoms with E-state index in [9.17, 15) is 4.79 Å². The fourth-order valence-corrected chi connectivity index (χ4v) is 3.83. The summed E-state index contributed by atoms with van der Waals surface area (Å²) in [5.41, 5.74) is 9.65. The maximum absolute atomic E-state index is 12.4. The normalized spacial score (nSPS) is 18.8. The second kappa shape index (κ2) is 9.67. The number of amides is 1. The number of nitrogens with two attached hydrogens (primary N) is 1. The molecule has 2 unspecified atom stereocenters. The average molecular weight is 366 g/mol. The highest BCUT2D eigenvalue weighted by molar-refractivity contribution is 5.81. The molecule has 0 bridgehead atoms. The van der Waals surface area contributed by atoms with Gasteiger partial charge in [0.15, 0.2) is 0 Å². The minimum Gasteiger partial charge on any atom is -0.351 e. The van der Waals surface area contributed by atoms with Crippen molar-refractivity contribution >= 4 is 5.91 Å². The lowest BCUT2D eigenvalue weighted by Crippen LogP contribution is -2.41. The van der Waals surface area contributed by atoms with Crippen LogP contribution in [0.1, 0.15) is 36.5 Å². The molecular weight excluding hydrogens is 334 g/mol. The third-order valence-corrected chi connectivity index (χ3v) is 5.34. The Balaban J connectivity index is 1.55. The zero-order valence-corrected chi connectivity index (χ0v) is 16.2. The van der Waals surface area contributed by atoms with E-state index in [1.807, 2.05) is 36.4 Å². The summed E-state index contributed by atoms with van der Waals surface area (Å²) in [5, 5.41) is 3.02. The summed E-state index contributed by atoms with van der Waals surface area (Å²) in [6, 6.07) is 17.8. The van der Waals surface area contributed by atoms with Crippen LogP contribution >= 0.6 is 0 Å². The first-order chi connectivity index (χ1) is 13.1. The number of likely N-dealkylation sites (tertiary alicyclic amines) is 1. The number of rotatable bonds is 7. The molecule has 2 aromatic carbocycles. The average Bonchev–Trinajstić information content (AvgIpc) is 2.68. The molecule has 1 amide bonds. The Kier molecular flexibility index (Phi) is 7.02. The monoisotopic (exact) mass is 365 g/mol. The molecule has 27 heavy (non-hydrogen) atoms. The molecule has 4 nitrogen and oxygen atoms in total. The number of carbonyl (C=O) groups excluding carboxylic acids is 1. The highest BCUT2D eigenvalue weighted by Gasteiger charge is 2.18. The topological polar surface area (TPSA) is 58.4 Å². The molecule has 1 heterocycles. The molecule has 0 aliphatic carbocycles. The van der Waals surface area contributed by atoms with Gasteiger partial charge in [-0.05, 0) is 48.4 Å². The van der Waals surface area contributed by atoms with Crippen LogP contribution in [0.2, 0.25) is 0 Å². The maximum Gasteiger partial charge on any atom is 0.237 e. The van der Waals surface area contributed by atoms with Crippen molar-refractivity contribution in [1.82, 2.24) is 10.2 Å². The van der Waals surface area contributed by atoms with Crippen molar-refractivity contribution in [1.29, 1.82) is 0 Å². The van der Waals surface area contributed by atoms with E-state index >= 15 is 0 Å². The predicted octanol–water partition coefficient (Wildman–Crippen LogP) is 3.10. The van der Waals surface area contributed by atoms with E-state index in [1.54, 1.807) is 0 Å². The fraction of sp³-hybridized carbons (Fsp3) is 0.435. The van der Waals surface area contributed by atoms with Gasteiger partial charge in [-0.1, -0.05) is 61.5 Å². The van der Waals surface area contributed by atoms with E-state index in [0.29, 0.717) is 13.0 Å². The third-order valence-electron chi connectivity index (χ3n) is 5.34. The number of hydrogen-bond acceptors (Lipinski definition) is 3. The lowest BCUT2D eigenvalue weighted by molar-refractivity contribution is -0.122. The van der Waals surface area contributed by atoms with Crippen LogP contribution in [0.5, 0.6) is 0 Å². The SMILES string of the molecule is CC1CCCN(Cc2ccccc2CNC(=O)C(N)Cc2ccccc2)C1. The Morgan fingerprint density at radius 1 is 1.15 bits per heavy atom. The number of benzene rings is 2. The Morgan fingerprint density at radius 3 is 2.59 bits per heavy atom. The van der Waals surface area contributed by atoms with Crippen molar-refractivity contribution in [3.63, 3.8) is 0 Å². The van der Waals surface area contributed by atoms with Gasteiger partial charge in [-0.3, -0.25) is 9.69 Å². The van der Waals surface area contributed by atoms with E-state index < -0.39 is 6.04 Å². The van der Waals surface area contributed by atoms with Crippen molar-refractivity contribution in [2.45, 2.75) is 45.3 Å². The number of carbonyl (C=O) groups is 1. The first-order valence-electron chi connectivity index (χ1n) is 9.98. The molecule has 1 aliphatic heterocycles. The zero-order chi connectivity index (χ0) is 19.1. The largest absolute Gasteiger partial charge is 0.351 e. The first-order valence-corrected chi connectivity index (χ1v) is 9.98. The van der Waals surface area contributed by atoms with Crippen LogP contribution in [0.4, 0.5) is 0 Å². The van der Waals surface area contributed by atoms with Crippen LogP contribution in [0, 0.1) is 5.92 Å². The van der Waals surface area contributed by atoms with Gasteiger partial charge >= 0.3 is 0 Å². The van der Waals surface area contributed by atoms with Gasteiger partial charge in [0.2, 0.25) is 5.91 Å². The summed E-state index contributed by atoms with van der Waals surface area (Å²) in [6.07, 6.45) is 3.15. The molecular formula is C23H31N3O. The van der Waals surface area contributed by atoms with E-state index in [-0.39, 0.29) is 5.91 Å². The fourth-order valence-electron chi connectivity index (χ4n) is 3.83. The van der Waals surface area contributed by atoms with Gasteiger partial charge in [0.05, 0.1) is 6.04 Å². The molecule has 0 saturated carbocycles. The van der Waals surface area contributed by atoms with E-state index in [2.05, 4.69) is 35.3 Å². The van der Waals surface area contributed by atoms with Crippen LogP contribution < -0.4 is 11.1 Å². The third kappa shape index (κ3) is 5.91. The van der Waals surface area contributed by atoms with Crippen LogP contribution in [0.3, 0.4) is 0 Å². The van der Waals surface area contributed by atoms with Crippen LogP contribution in [0.25, 0.3) is 0 Å². The smallest absolute Gasteiger partial charge is 0.237 e. The lowest BCUT2D eigenvalue weighted by Gasteiger charge is -2.31. The van der Waals surface area contributed by atoms with E-state index in [0.717, 1.165) is 31.1 Å². The van der Waals surface area contributed by atoms with Gasteiger partial charge in [0.25, 0.3) is 0 Å². The minimum absolute atomic E-state index is 0.0970. The van der Waals surface area contributed by atoms with Gasteiger partial charge in [-0.2, -0.15) is 0 Å². The summed E-state index contributed by atoms with van der Waals surface area (Å²) in [5.74, 6) is 0.668. The highest BCUT2D eigenvalue weighted by Crippen LogP contribution is 2.19. The Hall–Kier alpha value is -2.17. The summed E-state index contributed by atoms with van der Waals surface area (Å²) in [7, 11) is 0. The molecule has 3 rings (SSSR count). The predicted molar refractivity (Wildman–Crippen MR) is 110 cm³/mol. The molecule has 144 valence electrons.